The van der Waals surface area contributed by atoms with Gasteiger partial charge in [0, 0.05) is 6.54 Å². The average molecular weight is 342 g/mol. The van der Waals surface area contributed by atoms with Crippen molar-refractivity contribution in [3.8, 4) is 16.5 Å². The Hall–Kier alpha value is -2.60. The molecule has 0 aliphatic carbocycles. The normalized spacial score (nSPS) is 10.8. The molecule has 5 nitrogen and oxygen atoms in total. The number of furan rings is 1. The molecule has 0 fully saturated rings. The highest BCUT2D eigenvalue weighted by Gasteiger charge is 2.13. The molecular formula is C18H18N2O3S. The zero-order chi connectivity index (χ0) is 16.9. The van der Waals surface area contributed by atoms with Gasteiger partial charge in [-0.3, -0.25) is 4.79 Å². The Balaban J connectivity index is 1.61. The van der Waals surface area contributed by atoms with Crippen LogP contribution in [0, 0.1) is 0 Å². The number of carbonyl (C=O) groups excluding carboxylic acids is 1. The van der Waals surface area contributed by atoms with Crippen LogP contribution in [0.15, 0.2) is 53.3 Å². The number of hydrogen-bond acceptors (Lipinski definition) is 5. The first-order chi connectivity index (χ1) is 11.6. The quantitative estimate of drug-likeness (QED) is 0.732. The van der Waals surface area contributed by atoms with Gasteiger partial charge < -0.3 is 14.5 Å². The monoisotopic (exact) mass is 342 g/mol. The highest BCUT2D eigenvalue weighted by molar-refractivity contribution is 7.16. The number of aromatic nitrogens is 1. The number of thiazole rings is 1. The van der Waals surface area contributed by atoms with Crippen molar-refractivity contribution in [3.63, 3.8) is 0 Å². The zero-order valence-electron chi connectivity index (χ0n) is 13.5. The summed E-state index contributed by atoms with van der Waals surface area (Å²) in [6, 6.07) is 11.3. The third kappa shape index (κ3) is 4.02. The summed E-state index contributed by atoms with van der Waals surface area (Å²) in [6.07, 6.45) is 3.27. The van der Waals surface area contributed by atoms with Crippen molar-refractivity contribution in [2.24, 2.45) is 0 Å². The number of hydrogen-bond donors (Lipinski definition) is 1. The topological polar surface area (TPSA) is 64.4 Å². The van der Waals surface area contributed by atoms with Crippen LogP contribution in [0.4, 0.5) is 0 Å². The lowest BCUT2D eigenvalue weighted by Crippen LogP contribution is -2.21. The minimum absolute atomic E-state index is 0.118. The Morgan fingerprint density at radius 1 is 1.33 bits per heavy atom. The first kappa shape index (κ1) is 16.3. The average Bonchev–Trinajstić information content (AvgIpc) is 3.23. The number of ether oxygens (including phenoxy) is 1. The van der Waals surface area contributed by atoms with Gasteiger partial charge in [0.05, 0.1) is 18.6 Å². The number of nitrogens with zero attached hydrogens (tertiary/aromatic N) is 1. The Bertz CT molecular complexity index is 809. The predicted octanol–water partition coefficient (Wildman–Crippen LogP) is 4.12. The molecule has 0 radical (unpaired) electrons. The lowest BCUT2D eigenvalue weighted by molar-refractivity contribution is 0.0954. The zero-order valence-corrected chi connectivity index (χ0v) is 14.3. The first-order valence-corrected chi connectivity index (χ1v) is 8.47. The molecule has 0 unspecified atom stereocenters. The van der Waals surface area contributed by atoms with E-state index in [1.807, 2.05) is 44.2 Å². The molecule has 124 valence electrons. The van der Waals surface area contributed by atoms with Gasteiger partial charge in [0.1, 0.15) is 10.6 Å². The molecule has 0 atom stereocenters. The maximum absolute atomic E-state index is 12.3. The summed E-state index contributed by atoms with van der Waals surface area (Å²) in [4.78, 5) is 17.0. The molecule has 1 aromatic carbocycles. The molecule has 0 bridgehead atoms. The molecular weight excluding hydrogens is 324 g/mol. The maximum atomic E-state index is 12.3. The Labute approximate surface area is 144 Å². The van der Waals surface area contributed by atoms with Gasteiger partial charge in [-0.1, -0.05) is 12.1 Å². The van der Waals surface area contributed by atoms with Gasteiger partial charge in [0.15, 0.2) is 10.8 Å². The van der Waals surface area contributed by atoms with Crippen molar-refractivity contribution >= 4 is 17.2 Å². The van der Waals surface area contributed by atoms with Crippen LogP contribution < -0.4 is 10.1 Å². The second-order valence-electron chi connectivity index (χ2n) is 5.50. The summed E-state index contributed by atoms with van der Waals surface area (Å²) in [5, 5.41) is 3.59. The summed E-state index contributed by atoms with van der Waals surface area (Å²) < 4.78 is 10.9. The van der Waals surface area contributed by atoms with E-state index in [0.717, 1.165) is 11.3 Å². The highest BCUT2D eigenvalue weighted by atomic mass is 32.1. The van der Waals surface area contributed by atoms with Crippen LogP contribution in [0.25, 0.3) is 10.8 Å². The molecule has 2 aromatic heterocycles. The molecule has 6 heteroatoms. The third-order valence-corrected chi connectivity index (χ3v) is 4.20. The van der Waals surface area contributed by atoms with Crippen LogP contribution in [-0.4, -0.2) is 17.0 Å². The molecule has 1 amide bonds. The van der Waals surface area contributed by atoms with Crippen molar-refractivity contribution in [1.29, 1.82) is 0 Å². The molecule has 0 spiro atoms. The van der Waals surface area contributed by atoms with E-state index in [9.17, 15) is 4.79 Å². The van der Waals surface area contributed by atoms with Crippen molar-refractivity contribution in [3.05, 3.63) is 59.3 Å². The number of benzene rings is 1. The van der Waals surface area contributed by atoms with E-state index in [4.69, 9.17) is 9.15 Å². The third-order valence-electron chi connectivity index (χ3n) is 3.18. The van der Waals surface area contributed by atoms with E-state index in [1.54, 1.807) is 18.5 Å². The Morgan fingerprint density at radius 2 is 2.21 bits per heavy atom. The van der Waals surface area contributed by atoms with Crippen molar-refractivity contribution in [2.75, 3.05) is 0 Å². The largest absolute Gasteiger partial charge is 0.491 e. The predicted molar refractivity (Wildman–Crippen MR) is 93.2 cm³/mol. The fourth-order valence-electron chi connectivity index (χ4n) is 2.16. The Kier molecular flexibility index (Phi) is 4.96. The van der Waals surface area contributed by atoms with E-state index in [-0.39, 0.29) is 12.0 Å². The van der Waals surface area contributed by atoms with Gasteiger partial charge in [-0.25, -0.2) is 4.98 Å². The lowest BCUT2D eigenvalue weighted by Gasteiger charge is -2.11. The van der Waals surface area contributed by atoms with E-state index < -0.39 is 0 Å². The van der Waals surface area contributed by atoms with E-state index >= 15 is 0 Å². The summed E-state index contributed by atoms with van der Waals surface area (Å²) >= 11 is 1.30. The minimum Gasteiger partial charge on any atom is -0.491 e. The second-order valence-corrected chi connectivity index (χ2v) is 6.53. The molecule has 0 saturated heterocycles. The molecule has 3 aromatic rings. The lowest BCUT2D eigenvalue weighted by atomic mass is 10.2. The number of amides is 1. The van der Waals surface area contributed by atoms with Gasteiger partial charge in [0.25, 0.3) is 5.91 Å². The molecule has 24 heavy (non-hydrogen) atoms. The van der Waals surface area contributed by atoms with Crippen molar-refractivity contribution in [1.82, 2.24) is 10.3 Å². The first-order valence-electron chi connectivity index (χ1n) is 7.65. The van der Waals surface area contributed by atoms with Gasteiger partial charge in [0.2, 0.25) is 0 Å². The number of nitrogens with one attached hydrogen (secondary N) is 1. The Morgan fingerprint density at radius 3 is 2.96 bits per heavy atom. The summed E-state index contributed by atoms with van der Waals surface area (Å²) in [5.41, 5.74) is 0.984. The molecule has 3 rings (SSSR count). The van der Waals surface area contributed by atoms with E-state index in [2.05, 4.69) is 10.3 Å². The van der Waals surface area contributed by atoms with Crippen LogP contribution in [0.5, 0.6) is 5.75 Å². The van der Waals surface area contributed by atoms with Crippen LogP contribution in [0.2, 0.25) is 0 Å². The van der Waals surface area contributed by atoms with Crippen molar-refractivity contribution < 1.29 is 13.9 Å². The number of rotatable bonds is 6. The number of carbonyl (C=O) groups is 1. The smallest absolute Gasteiger partial charge is 0.263 e. The van der Waals surface area contributed by atoms with Gasteiger partial charge in [-0.2, -0.15) is 0 Å². The highest BCUT2D eigenvalue weighted by Crippen LogP contribution is 2.25. The van der Waals surface area contributed by atoms with Crippen LogP contribution in [-0.2, 0) is 6.54 Å². The second kappa shape index (κ2) is 7.31. The molecule has 0 aliphatic heterocycles. The molecule has 2 heterocycles. The van der Waals surface area contributed by atoms with E-state index in [1.165, 1.54) is 11.3 Å². The molecule has 1 N–H and O–H groups in total. The van der Waals surface area contributed by atoms with Gasteiger partial charge >= 0.3 is 0 Å². The van der Waals surface area contributed by atoms with Crippen LogP contribution in [0.3, 0.4) is 0 Å². The van der Waals surface area contributed by atoms with Crippen LogP contribution >= 0.6 is 11.3 Å². The SMILES string of the molecule is CC(C)Oc1cccc(CNC(=O)c2cnc(-c3ccco3)s2)c1. The maximum Gasteiger partial charge on any atom is 0.263 e. The van der Waals surface area contributed by atoms with Gasteiger partial charge in [-0.05, 0) is 43.7 Å². The van der Waals surface area contributed by atoms with Crippen LogP contribution in [0.1, 0.15) is 29.1 Å². The van der Waals surface area contributed by atoms with Gasteiger partial charge in [-0.15, -0.1) is 11.3 Å². The molecule has 0 saturated carbocycles. The summed E-state index contributed by atoms with van der Waals surface area (Å²) in [5.74, 6) is 1.31. The van der Waals surface area contributed by atoms with Crippen molar-refractivity contribution in [2.45, 2.75) is 26.5 Å². The fraction of sp³-hybridized carbons (Fsp3) is 0.222. The summed E-state index contributed by atoms with van der Waals surface area (Å²) in [7, 11) is 0. The minimum atomic E-state index is -0.152. The fourth-order valence-corrected chi connectivity index (χ4v) is 2.96. The standard InChI is InChI=1S/C18H18N2O3S/c1-12(2)23-14-6-3-5-13(9-14)10-19-17(21)16-11-20-18(24-16)15-7-4-8-22-15/h3-9,11-12H,10H2,1-2H3,(H,19,21). The molecule has 0 aliphatic rings. The summed E-state index contributed by atoms with van der Waals surface area (Å²) in [6.45, 7) is 4.39. The van der Waals surface area contributed by atoms with E-state index in [0.29, 0.717) is 22.2 Å².